The summed E-state index contributed by atoms with van der Waals surface area (Å²) in [7, 11) is 0. The number of hydrogen-bond acceptors (Lipinski definition) is 4. The summed E-state index contributed by atoms with van der Waals surface area (Å²) in [5.41, 5.74) is 1.44. The summed E-state index contributed by atoms with van der Waals surface area (Å²) < 4.78 is 1.65. The fourth-order valence-corrected chi connectivity index (χ4v) is 3.16. The first-order chi connectivity index (χ1) is 12.6. The monoisotopic (exact) mass is 349 g/mol. The summed E-state index contributed by atoms with van der Waals surface area (Å²) in [5, 5.41) is 4.18. The number of pyridine rings is 2. The molecule has 6 nitrogen and oxygen atoms in total. The van der Waals surface area contributed by atoms with Gasteiger partial charge in [0.05, 0.1) is 6.04 Å². The second-order valence-electron chi connectivity index (χ2n) is 6.40. The van der Waals surface area contributed by atoms with Crippen LogP contribution in [0.1, 0.15) is 42.9 Å². The van der Waals surface area contributed by atoms with Crippen molar-refractivity contribution < 1.29 is 4.79 Å². The highest BCUT2D eigenvalue weighted by molar-refractivity contribution is 5.92. The largest absolute Gasteiger partial charge is 0.330 e. The molecule has 0 radical (unpaired) electrons. The molecule has 26 heavy (non-hydrogen) atoms. The van der Waals surface area contributed by atoms with Crippen LogP contribution < -0.4 is 0 Å². The number of amides is 1. The summed E-state index contributed by atoms with van der Waals surface area (Å²) >= 11 is 0. The topological polar surface area (TPSA) is 63.9 Å². The van der Waals surface area contributed by atoms with Crippen molar-refractivity contribution in [2.24, 2.45) is 5.92 Å². The average molecular weight is 349 g/mol. The van der Waals surface area contributed by atoms with Gasteiger partial charge in [-0.25, -0.2) is 9.67 Å². The van der Waals surface area contributed by atoms with E-state index in [1.54, 1.807) is 29.3 Å². The second-order valence-corrected chi connectivity index (χ2v) is 6.40. The molecule has 1 amide bonds. The zero-order valence-electron chi connectivity index (χ0n) is 15.3. The predicted molar refractivity (Wildman–Crippen MR) is 99.9 cm³/mol. The molecule has 0 aliphatic carbocycles. The lowest BCUT2D eigenvalue weighted by atomic mass is 9.95. The van der Waals surface area contributed by atoms with E-state index in [0.29, 0.717) is 18.1 Å². The minimum absolute atomic E-state index is 0.0589. The molecule has 0 unspecified atom stereocenters. The number of nitrogens with zero attached hydrogens (tertiary/aromatic N) is 5. The van der Waals surface area contributed by atoms with Gasteiger partial charge in [-0.2, -0.15) is 5.10 Å². The quantitative estimate of drug-likeness (QED) is 0.683. The molecule has 0 bridgehead atoms. The Morgan fingerprint density at radius 1 is 1.15 bits per heavy atom. The lowest BCUT2D eigenvalue weighted by Crippen LogP contribution is -2.38. The maximum absolute atomic E-state index is 13.2. The van der Waals surface area contributed by atoms with Crippen molar-refractivity contribution in [1.29, 1.82) is 0 Å². The highest BCUT2D eigenvalue weighted by Gasteiger charge is 2.28. The van der Waals surface area contributed by atoms with E-state index in [1.807, 2.05) is 48.4 Å². The molecule has 0 saturated carbocycles. The van der Waals surface area contributed by atoms with E-state index in [2.05, 4.69) is 28.9 Å². The smallest absolute Gasteiger partial charge is 0.273 e. The molecule has 0 N–H and O–H groups in total. The van der Waals surface area contributed by atoms with E-state index in [9.17, 15) is 4.79 Å². The average Bonchev–Trinajstić information content (AvgIpc) is 3.21. The molecule has 6 heteroatoms. The van der Waals surface area contributed by atoms with Crippen LogP contribution in [0.3, 0.4) is 0 Å². The first kappa shape index (κ1) is 17.8. The molecule has 0 saturated heterocycles. The van der Waals surface area contributed by atoms with Crippen LogP contribution in [0.2, 0.25) is 0 Å². The molecule has 0 aliphatic rings. The van der Waals surface area contributed by atoms with Crippen molar-refractivity contribution in [2.45, 2.75) is 26.8 Å². The summed E-state index contributed by atoms with van der Waals surface area (Å²) in [6, 6.07) is 11.1. The lowest BCUT2D eigenvalue weighted by Gasteiger charge is -2.33. The van der Waals surface area contributed by atoms with Gasteiger partial charge in [0.15, 0.2) is 5.82 Å². The number of carbonyl (C=O) groups excluding carboxylic acids is 1. The van der Waals surface area contributed by atoms with Crippen molar-refractivity contribution in [1.82, 2.24) is 24.6 Å². The van der Waals surface area contributed by atoms with Gasteiger partial charge < -0.3 is 4.90 Å². The Labute approximate surface area is 153 Å². The molecule has 3 rings (SSSR count). The van der Waals surface area contributed by atoms with Crippen LogP contribution >= 0.6 is 0 Å². The standard InChI is InChI=1S/C20H23N5O/c1-4-24(19(15(2)3)16-8-6-11-21-14-16)20(26)17-9-5-10-18(23-17)25-13-7-12-22-25/h5-15,19H,4H2,1-3H3/t19-/m1/s1. The van der Waals surface area contributed by atoms with Crippen LogP contribution in [-0.2, 0) is 0 Å². The Balaban J connectivity index is 1.94. The Kier molecular flexibility index (Phi) is 5.41. The van der Waals surface area contributed by atoms with Crippen LogP contribution in [0.5, 0.6) is 0 Å². The highest BCUT2D eigenvalue weighted by Crippen LogP contribution is 2.29. The van der Waals surface area contributed by atoms with Gasteiger partial charge in [-0.15, -0.1) is 0 Å². The van der Waals surface area contributed by atoms with Gasteiger partial charge in [-0.3, -0.25) is 9.78 Å². The zero-order valence-corrected chi connectivity index (χ0v) is 15.3. The van der Waals surface area contributed by atoms with Gasteiger partial charge in [-0.05, 0) is 42.7 Å². The van der Waals surface area contributed by atoms with E-state index < -0.39 is 0 Å². The van der Waals surface area contributed by atoms with Gasteiger partial charge in [0.25, 0.3) is 5.91 Å². The zero-order chi connectivity index (χ0) is 18.5. The van der Waals surface area contributed by atoms with Crippen molar-refractivity contribution >= 4 is 5.91 Å². The van der Waals surface area contributed by atoms with Crippen LogP contribution in [0, 0.1) is 5.92 Å². The van der Waals surface area contributed by atoms with Crippen LogP contribution in [-0.4, -0.2) is 37.1 Å². The van der Waals surface area contributed by atoms with Gasteiger partial charge in [-0.1, -0.05) is 26.0 Å². The van der Waals surface area contributed by atoms with Gasteiger partial charge in [0.1, 0.15) is 5.69 Å². The van der Waals surface area contributed by atoms with Crippen molar-refractivity contribution in [3.63, 3.8) is 0 Å². The molecular weight excluding hydrogens is 326 g/mol. The van der Waals surface area contributed by atoms with Crippen LogP contribution in [0.25, 0.3) is 5.82 Å². The number of rotatable bonds is 6. The summed E-state index contributed by atoms with van der Waals surface area (Å²) in [6.45, 7) is 6.80. The number of carbonyl (C=O) groups is 1. The summed E-state index contributed by atoms with van der Waals surface area (Å²) in [4.78, 5) is 23.8. The van der Waals surface area contributed by atoms with E-state index in [1.165, 1.54) is 0 Å². The molecule has 1 atom stereocenters. The second kappa shape index (κ2) is 7.91. The molecule has 3 aromatic rings. The van der Waals surface area contributed by atoms with E-state index in [4.69, 9.17) is 0 Å². The SMILES string of the molecule is CCN(C(=O)c1cccc(-n2cccn2)n1)[C@@H](c1cccnc1)C(C)C. The number of hydrogen-bond donors (Lipinski definition) is 0. The maximum Gasteiger partial charge on any atom is 0.273 e. The van der Waals surface area contributed by atoms with Crippen LogP contribution in [0.4, 0.5) is 0 Å². The van der Waals surface area contributed by atoms with Gasteiger partial charge >= 0.3 is 0 Å². The highest BCUT2D eigenvalue weighted by atomic mass is 16.2. The van der Waals surface area contributed by atoms with Gasteiger partial charge in [0.2, 0.25) is 0 Å². The van der Waals surface area contributed by atoms with E-state index in [-0.39, 0.29) is 17.9 Å². The third kappa shape index (κ3) is 3.64. The molecule has 0 fully saturated rings. The van der Waals surface area contributed by atoms with Crippen molar-refractivity contribution in [3.8, 4) is 5.82 Å². The first-order valence-electron chi connectivity index (χ1n) is 8.79. The molecule has 0 spiro atoms. The number of aromatic nitrogens is 4. The minimum Gasteiger partial charge on any atom is -0.330 e. The maximum atomic E-state index is 13.2. The Morgan fingerprint density at radius 2 is 2.00 bits per heavy atom. The Morgan fingerprint density at radius 3 is 2.62 bits per heavy atom. The van der Waals surface area contributed by atoms with E-state index in [0.717, 1.165) is 5.56 Å². The summed E-state index contributed by atoms with van der Waals surface area (Å²) in [6.07, 6.45) is 7.06. The molecule has 0 aliphatic heterocycles. The lowest BCUT2D eigenvalue weighted by molar-refractivity contribution is 0.0630. The third-order valence-electron chi connectivity index (χ3n) is 4.29. The first-order valence-corrected chi connectivity index (χ1v) is 8.79. The van der Waals surface area contributed by atoms with Crippen molar-refractivity contribution in [3.05, 3.63) is 72.4 Å². The summed E-state index contributed by atoms with van der Waals surface area (Å²) in [5.74, 6) is 0.779. The normalized spacial score (nSPS) is 12.2. The van der Waals surface area contributed by atoms with Crippen molar-refractivity contribution in [2.75, 3.05) is 6.54 Å². The molecular formula is C20H23N5O. The molecule has 3 heterocycles. The Hall–Kier alpha value is -3.02. The predicted octanol–water partition coefficient (Wildman–Crippen LogP) is 3.52. The molecule has 3 aromatic heterocycles. The minimum atomic E-state index is -0.0935. The fourth-order valence-electron chi connectivity index (χ4n) is 3.16. The van der Waals surface area contributed by atoms with Crippen LogP contribution in [0.15, 0.2) is 61.2 Å². The molecule has 134 valence electrons. The van der Waals surface area contributed by atoms with E-state index >= 15 is 0 Å². The fraction of sp³-hybridized carbons (Fsp3) is 0.300. The molecule has 0 aromatic carbocycles. The Bertz CT molecular complexity index is 846. The van der Waals surface area contributed by atoms with Gasteiger partial charge in [0, 0.05) is 31.3 Å². The third-order valence-corrected chi connectivity index (χ3v) is 4.29.